The van der Waals surface area contributed by atoms with Crippen LogP contribution in [-0.4, -0.2) is 33.2 Å². The van der Waals surface area contributed by atoms with Crippen molar-refractivity contribution in [3.05, 3.63) is 94.5 Å². The topological polar surface area (TPSA) is 66.5 Å². The fourth-order valence-electron chi connectivity index (χ4n) is 3.25. The monoisotopic (exact) mass is 502 g/mol. The first-order valence-corrected chi connectivity index (χ1v) is 13.5. The van der Waals surface area contributed by atoms with Gasteiger partial charge in [0.1, 0.15) is 6.54 Å². The van der Waals surface area contributed by atoms with Gasteiger partial charge in [-0.3, -0.25) is 9.10 Å². The van der Waals surface area contributed by atoms with E-state index in [1.807, 2.05) is 25.1 Å². The molecule has 8 heteroatoms. The molecule has 0 aliphatic heterocycles. The fraction of sp³-hybridized carbons (Fsp3) is 0.240. The number of aryl methyl sites for hydroxylation is 2. The highest BCUT2D eigenvalue weighted by Crippen LogP contribution is 2.29. The maximum atomic E-state index is 13.5. The molecule has 0 spiro atoms. The normalized spacial score (nSPS) is 11.2. The SMILES string of the molecule is Cc1ccc(S(=O)(=O)N(CC(=O)NCCSCc2ccccc2)c2ccc(Cl)cc2C)cc1. The maximum absolute atomic E-state index is 13.5. The van der Waals surface area contributed by atoms with Crippen molar-refractivity contribution in [2.75, 3.05) is 23.1 Å². The summed E-state index contributed by atoms with van der Waals surface area (Å²) in [6.45, 7) is 3.80. The van der Waals surface area contributed by atoms with Crippen molar-refractivity contribution in [1.29, 1.82) is 0 Å². The van der Waals surface area contributed by atoms with Crippen LogP contribution in [0.5, 0.6) is 0 Å². The quantitative estimate of drug-likeness (QED) is 0.387. The highest BCUT2D eigenvalue weighted by atomic mass is 35.5. The van der Waals surface area contributed by atoms with E-state index in [9.17, 15) is 13.2 Å². The molecule has 0 radical (unpaired) electrons. The van der Waals surface area contributed by atoms with Crippen LogP contribution in [0.15, 0.2) is 77.7 Å². The van der Waals surface area contributed by atoms with Crippen molar-refractivity contribution in [2.24, 2.45) is 0 Å². The Bertz CT molecular complexity index is 1180. The van der Waals surface area contributed by atoms with Crippen LogP contribution in [-0.2, 0) is 20.6 Å². The number of nitrogens with zero attached hydrogens (tertiary/aromatic N) is 1. The van der Waals surface area contributed by atoms with E-state index in [-0.39, 0.29) is 17.3 Å². The lowest BCUT2D eigenvalue weighted by Gasteiger charge is -2.26. The number of hydrogen-bond donors (Lipinski definition) is 1. The van der Waals surface area contributed by atoms with Crippen LogP contribution in [0.1, 0.15) is 16.7 Å². The lowest BCUT2D eigenvalue weighted by molar-refractivity contribution is -0.119. The molecule has 3 aromatic carbocycles. The van der Waals surface area contributed by atoms with Crippen molar-refractivity contribution in [1.82, 2.24) is 5.32 Å². The van der Waals surface area contributed by atoms with Crippen molar-refractivity contribution in [3.8, 4) is 0 Å². The first-order valence-electron chi connectivity index (χ1n) is 10.5. The van der Waals surface area contributed by atoms with Crippen LogP contribution in [0.4, 0.5) is 5.69 Å². The maximum Gasteiger partial charge on any atom is 0.264 e. The fourth-order valence-corrected chi connectivity index (χ4v) is 5.78. The number of carbonyl (C=O) groups excluding carboxylic acids is 1. The zero-order chi connectivity index (χ0) is 23.8. The third-order valence-electron chi connectivity index (χ3n) is 5.00. The molecule has 0 aromatic heterocycles. The molecule has 0 aliphatic carbocycles. The van der Waals surface area contributed by atoms with Crippen LogP contribution in [0.3, 0.4) is 0 Å². The molecule has 0 atom stereocenters. The van der Waals surface area contributed by atoms with Gasteiger partial charge in [-0.1, -0.05) is 59.6 Å². The summed E-state index contributed by atoms with van der Waals surface area (Å²) >= 11 is 7.78. The highest BCUT2D eigenvalue weighted by Gasteiger charge is 2.28. The summed E-state index contributed by atoms with van der Waals surface area (Å²) in [4.78, 5) is 12.9. The van der Waals surface area contributed by atoms with Crippen molar-refractivity contribution < 1.29 is 13.2 Å². The zero-order valence-corrected chi connectivity index (χ0v) is 21.0. The Labute approximate surface area is 205 Å². The summed E-state index contributed by atoms with van der Waals surface area (Å²) in [6.07, 6.45) is 0. The number of hydrogen-bond acceptors (Lipinski definition) is 4. The number of rotatable bonds is 10. The molecule has 3 aromatic rings. The molecule has 174 valence electrons. The van der Waals surface area contributed by atoms with Crippen LogP contribution < -0.4 is 9.62 Å². The van der Waals surface area contributed by atoms with Crippen LogP contribution in [0.25, 0.3) is 0 Å². The molecular formula is C25H27ClN2O3S2. The number of nitrogens with one attached hydrogen (secondary N) is 1. The molecule has 1 N–H and O–H groups in total. The lowest BCUT2D eigenvalue weighted by atomic mass is 10.2. The van der Waals surface area contributed by atoms with Gasteiger partial charge in [0, 0.05) is 23.1 Å². The van der Waals surface area contributed by atoms with Gasteiger partial charge in [-0.15, -0.1) is 0 Å². The molecule has 33 heavy (non-hydrogen) atoms. The van der Waals surface area contributed by atoms with Crippen molar-refractivity contribution in [2.45, 2.75) is 24.5 Å². The zero-order valence-electron chi connectivity index (χ0n) is 18.6. The molecule has 0 saturated heterocycles. The molecule has 0 saturated carbocycles. The van der Waals surface area contributed by atoms with E-state index in [0.29, 0.717) is 22.8 Å². The van der Waals surface area contributed by atoms with E-state index in [1.165, 1.54) is 5.56 Å². The van der Waals surface area contributed by atoms with Gasteiger partial charge in [-0.25, -0.2) is 8.42 Å². The van der Waals surface area contributed by atoms with E-state index in [4.69, 9.17) is 11.6 Å². The third kappa shape index (κ3) is 7.00. The van der Waals surface area contributed by atoms with Gasteiger partial charge in [-0.05, 0) is 55.3 Å². The summed E-state index contributed by atoms with van der Waals surface area (Å²) in [5, 5.41) is 3.34. The Balaban J connectivity index is 1.70. The summed E-state index contributed by atoms with van der Waals surface area (Å²) in [6, 6.07) is 21.6. The molecule has 0 bridgehead atoms. The van der Waals surface area contributed by atoms with Crippen LogP contribution >= 0.6 is 23.4 Å². The molecule has 3 rings (SSSR count). The molecule has 0 heterocycles. The number of amides is 1. The summed E-state index contributed by atoms with van der Waals surface area (Å²) in [7, 11) is -3.95. The average Bonchev–Trinajstić information content (AvgIpc) is 2.78. The Morgan fingerprint density at radius 2 is 1.70 bits per heavy atom. The predicted octanol–water partition coefficient (Wildman–Crippen LogP) is 5.20. The minimum Gasteiger partial charge on any atom is -0.354 e. The molecule has 0 fully saturated rings. The summed E-state index contributed by atoms with van der Waals surface area (Å²) < 4.78 is 28.1. The van der Waals surface area contributed by atoms with Gasteiger partial charge in [-0.2, -0.15) is 11.8 Å². The second kappa shape index (κ2) is 11.6. The lowest BCUT2D eigenvalue weighted by Crippen LogP contribution is -2.41. The van der Waals surface area contributed by atoms with E-state index in [2.05, 4.69) is 17.4 Å². The van der Waals surface area contributed by atoms with E-state index in [0.717, 1.165) is 21.4 Å². The summed E-state index contributed by atoms with van der Waals surface area (Å²) in [5.74, 6) is 1.22. The number of halogens is 1. The average molecular weight is 503 g/mol. The van der Waals surface area contributed by atoms with Gasteiger partial charge in [0.2, 0.25) is 5.91 Å². The molecule has 1 amide bonds. The number of thioether (sulfide) groups is 1. The highest BCUT2D eigenvalue weighted by molar-refractivity contribution is 7.98. The van der Waals surface area contributed by atoms with Gasteiger partial charge in [0.05, 0.1) is 10.6 Å². The van der Waals surface area contributed by atoms with Crippen molar-refractivity contribution >= 4 is 45.0 Å². The smallest absolute Gasteiger partial charge is 0.264 e. The third-order valence-corrected chi connectivity index (χ3v) is 8.04. The number of carbonyl (C=O) groups is 1. The van der Waals surface area contributed by atoms with Gasteiger partial charge in [0.15, 0.2) is 0 Å². The molecule has 5 nitrogen and oxygen atoms in total. The molecule has 0 unspecified atom stereocenters. The molecule has 0 aliphatic rings. The Morgan fingerprint density at radius 1 is 1.00 bits per heavy atom. The first kappa shape index (κ1) is 25.1. The first-order chi connectivity index (χ1) is 15.8. The number of anilines is 1. The summed E-state index contributed by atoms with van der Waals surface area (Å²) in [5.41, 5.74) is 3.27. The van der Waals surface area contributed by atoms with Crippen LogP contribution in [0.2, 0.25) is 5.02 Å². The number of sulfonamides is 1. The Morgan fingerprint density at radius 3 is 2.36 bits per heavy atom. The second-order valence-corrected chi connectivity index (χ2v) is 11.0. The predicted molar refractivity (Wildman–Crippen MR) is 138 cm³/mol. The molecular weight excluding hydrogens is 476 g/mol. The van der Waals surface area contributed by atoms with E-state index in [1.54, 1.807) is 61.2 Å². The Hall–Kier alpha value is -2.48. The Kier molecular flexibility index (Phi) is 8.83. The minimum atomic E-state index is -3.95. The van der Waals surface area contributed by atoms with Gasteiger partial charge < -0.3 is 5.32 Å². The van der Waals surface area contributed by atoms with Crippen LogP contribution in [0, 0.1) is 13.8 Å². The van der Waals surface area contributed by atoms with Crippen molar-refractivity contribution in [3.63, 3.8) is 0 Å². The van der Waals surface area contributed by atoms with Gasteiger partial charge in [0.25, 0.3) is 10.0 Å². The van der Waals surface area contributed by atoms with E-state index >= 15 is 0 Å². The number of benzene rings is 3. The minimum absolute atomic E-state index is 0.133. The largest absolute Gasteiger partial charge is 0.354 e. The van der Waals surface area contributed by atoms with Gasteiger partial charge >= 0.3 is 0 Å². The second-order valence-electron chi connectivity index (χ2n) is 7.64. The van der Waals surface area contributed by atoms with E-state index < -0.39 is 10.0 Å². The standard InChI is InChI=1S/C25H27ClN2O3S2/c1-19-8-11-23(12-9-19)33(30,31)28(24-13-10-22(26)16-20(24)2)17-25(29)27-14-15-32-18-21-6-4-3-5-7-21/h3-13,16H,14-15,17-18H2,1-2H3,(H,27,29).